The third-order valence-electron chi connectivity index (χ3n) is 4.30. The van der Waals surface area contributed by atoms with Crippen molar-refractivity contribution in [3.8, 4) is 0 Å². The highest BCUT2D eigenvalue weighted by atomic mass is 16.5. The van der Waals surface area contributed by atoms with Gasteiger partial charge in [-0.2, -0.15) is 0 Å². The number of carbonyl (C=O) groups excluding carboxylic acids is 2. The summed E-state index contributed by atoms with van der Waals surface area (Å²) in [5, 5.41) is 0. The van der Waals surface area contributed by atoms with Gasteiger partial charge in [0.1, 0.15) is 0 Å². The molecule has 0 radical (unpaired) electrons. The molecule has 1 aliphatic carbocycles. The molecule has 0 aromatic carbocycles. The summed E-state index contributed by atoms with van der Waals surface area (Å²) < 4.78 is 10.2. The monoisotopic (exact) mass is 370 g/mol. The van der Waals surface area contributed by atoms with Crippen LogP contribution < -0.4 is 0 Å². The molecular formula is C21H26N2O4. The fraction of sp³-hybridized carbons (Fsp3) is 0.429. The lowest BCUT2D eigenvalue weighted by atomic mass is 9.98. The normalized spacial score (nSPS) is 19.3. The molecule has 1 saturated carbocycles. The fourth-order valence-corrected chi connectivity index (χ4v) is 2.78. The van der Waals surface area contributed by atoms with Crippen LogP contribution in [0.5, 0.6) is 0 Å². The number of aldehydes is 1. The van der Waals surface area contributed by atoms with Gasteiger partial charge in [-0.15, -0.1) is 0 Å². The number of aromatic nitrogens is 1. The molecule has 2 aliphatic rings. The first-order valence-electron chi connectivity index (χ1n) is 9.15. The van der Waals surface area contributed by atoms with E-state index in [1.165, 1.54) is 33.3 Å². The minimum Gasteiger partial charge on any atom is -0.469 e. The highest BCUT2D eigenvalue weighted by Gasteiger charge is 2.17. The molecule has 3 rings (SSSR count). The molecule has 1 fully saturated rings. The van der Waals surface area contributed by atoms with E-state index in [1.54, 1.807) is 18.5 Å². The Hall–Kier alpha value is -2.60. The van der Waals surface area contributed by atoms with Crippen LogP contribution in [0.2, 0.25) is 0 Å². The van der Waals surface area contributed by atoms with E-state index in [1.807, 2.05) is 24.3 Å². The predicted molar refractivity (Wildman–Crippen MR) is 105 cm³/mol. The quantitative estimate of drug-likeness (QED) is 0.595. The largest absolute Gasteiger partial charge is 0.469 e. The number of allylic oxidation sites excluding steroid dienone is 3. The van der Waals surface area contributed by atoms with Crippen LogP contribution in [-0.2, 0) is 14.3 Å². The van der Waals surface area contributed by atoms with Gasteiger partial charge in [0.25, 0.3) is 0 Å². The second kappa shape index (κ2) is 11.2. The average molecular weight is 370 g/mol. The highest BCUT2D eigenvalue weighted by Crippen LogP contribution is 2.23. The third kappa shape index (κ3) is 7.27. The highest BCUT2D eigenvalue weighted by molar-refractivity contribution is 6.09. The summed E-state index contributed by atoms with van der Waals surface area (Å²) in [4.78, 5) is 29.1. The summed E-state index contributed by atoms with van der Waals surface area (Å²) in [5.41, 5.74) is 2.30. The van der Waals surface area contributed by atoms with Gasteiger partial charge in [0.15, 0.2) is 12.5 Å². The Bertz CT molecular complexity index is 701. The summed E-state index contributed by atoms with van der Waals surface area (Å²) in [7, 11) is 1.35. The number of hydrogen-bond donors (Lipinski definition) is 0. The molecular weight excluding hydrogens is 344 g/mol. The summed E-state index contributed by atoms with van der Waals surface area (Å²) >= 11 is 0. The van der Waals surface area contributed by atoms with Crippen LogP contribution in [0, 0.1) is 0 Å². The predicted octanol–water partition coefficient (Wildman–Crippen LogP) is 3.77. The van der Waals surface area contributed by atoms with Crippen LogP contribution in [0.1, 0.15) is 55.1 Å². The molecule has 144 valence electrons. The fourth-order valence-electron chi connectivity index (χ4n) is 2.78. The van der Waals surface area contributed by atoms with E-state index < -0.39 is 0 Å². The molecule has 1 aliphatic heterocycles. The average Bonchev–Trinajstić information content (AvgIpc) is 2.95. The molecule has 2 heterocycles. The van der Waals surface area contributed by atoms with Gasteiger partial charge in [-0.05, 0) is 31.1 Å². The van der Waals surface area contributed by atoms with Crippen molar-refractivity contribution in [3.05, 3.63) is 47.8 Å². The molecule has 6 heteroatoms. The third-order valence-corrected chi connectivity index (χ3v) is 4.30. The number of carbonyl (C=O) groups is 2. The van der Waals surface area contributed by atoms with Gasteiger partial charge in [0.2, 0.25) is 0 Å². The van der Waals surface area contributed by atoms with Crippen molar-refractivity contribution in [2.24, 2.45) is 4.99 Å². The van der Waals surface area contributed by atoms with Crippen molar-refractivity contribution in [1.29, 1.82) is 0 Å². The molecule has 27 heavy (non-hydrogen) atoms. The topological polar surface area (TPSA) is 77.9 Å². The van der Waals surface area contributed by atoms with E-state index in [0.29, 0.717) is 11.7 Å². The summed E-state index contributed by atoms with van der Waals surface area (Å²) in [6.45, 7) is 1.36. The Labute approximate surface area is 160 Å². The van der Waals surface area contributed by atoms with Gasteiger partial charge >= 0.3 is 5.97 Å². The Morgan fingerprint density at radius 2 is 1.96 bits per heavy atom. The maximum atomic E-state index is 10.7. The Balaban J connectivity index is 0.000000465. The number of ether oxygens (including phenoxy) is 2. The van der Waals surface area contributed by atoms with E-state index in [4.69, 9.17) is 4.74 Å². The number of hydrogen-bond acceptors (Lipinski definition) is 6. The summed E-state index contributed by atoms with van der Waals surface area (Å²) in [6.07, 6.45) is 16.3. The first kappa shape index (κ1) is 20.7. The lowest BCUT2D eigenvalue weighted by molar-refractivity contribution is -0.137. The smallest absolute Gasteiger partial charge is 0.302 e. The minimum absolute atomic E-state index is 0.217. The summed E-state index contributed by atoms with van der Waals surface area (Å²) in [6, 6.07) is 3.59. The Morgan fingerprint density at radius 1 is 1.22 bits per heavy atom. The SMILES string of the molecule is COC(C)=O.O=Cc1ccc(C2=CC=CC(OC3CCCCC3)N=C2)nc1. The maximum Gasteiger partial charge on any atom is 0.302 e. The number of aliphatic imine (C=N–C) groups is 1. The lowest BCUT2D eigenvalue weighted by Crippen LogP contribution is -2.21. The van der Waals surface area contributed by atoms with Crippen molar-refractivity contribution in [3.63, 3.8) is 0 Å². The molecule has 1 atom stereocenters. The van der Waals surface area contributed by atoms with Crippen LogP contribution in [0.4, 0.5) is 0 Å². The van der Waals surface area contributed by atoms with E-state index in [-0.39, 0.29) is 12.2 Å². The van der Waals surface area contributed by atoms with Crippen molar-refractivity contribution >= 4 is 24.0 Å². The van der Waals surface area contributed by atoms with E-state index >= 15 is 0 Å². The molecule has 0 saturated heterocycles. The molecule has 1 aromatic rings. The molecule has 1 aromatic heterocycles. The first-order valence-corrected chi connectivity index (χ1v) is 9.15. The van der Waals surface area contributed by atoms with Crippen LogP contribution in [0.3, 0.4) is 0 Å². The van der Waals surface area contributed by atoms with E-state index in [9.17, 15) is 9.59 Å². The van der Waals surface area contributed by atoms with Gasteiger partial charge in [-0.1, -0.05) is 31.4 Å². The number of methoxy groups -OCH3 is 1. The number of nitrogens with zero attached hydrogens (tertiary/aromatic N) is 2. The number of esters is 1. The van der Waals surface area contributed by atoms with Gasteiger partial charge in [-0.3, -0.25) is 19.6 Å². The standard InChI is InChI=1S/C18H20N2O2.C3H6O2/c21-13-14-9-10-17(19-11-14)15-5-4-8-18(20-12-15)22-16-6-2-1-3-7-16;1-3(4)5-2/h4-5,8-13,16,18H,1-3,6-7H2;1-2H3. The Morgan fingerprint density at radius 3 is 2.56 bits per heavy atom. The molecule has 0 spiro atoms. The van der Waals surface area contributed by atoms with Gasteiger partial charge in [-0.25, -0.2) is 0 Å². The zero-order valence-electron chi connectivity index (χ0n) is 15.8. The number of rotatable bonds is 4. The number of pyridine rings is 1. The van der Waals surface area contributed by atoms with Gasteiger partial charge in [0.05, 0.1) is 18.9 Å². The molecule has 0 amide bonds. The second-order valence-corrected chi connectivity index (χ2v) is 6.36. The molecule has 6 nitrogen and oxygen atoms in total. The molecule has 0 N–H and O–H groups in total. The van der Waals surface area contributed by atoms with Crippen molar-refractivity contribution in [1.82, 2.24) is 4.98 Å². The maximum absolute atomic E-state index is 10.7. The molecule has 0 bridgehead atoms. The van der Waals surface area contributed by atoms with Gasteiger partial charge < -0.3 is 9.47 Å². The van der Waals surface area contributed by atoms with Crippen LogP contribution >= 0.6 is 0 Å². The first-order chi connectivity index (χ1) is 13.1. The van der Waals surface area contributed by atoms with Crippen molar-refractivity contribution in [2.75, 3.05) is 7.11 Å². The minimum atomic E-state index is -0.245. The second-order valence-electron chi connectivity index (χ2n) is 6.36. The van der Waals surface area contributed by atoms with Crippen LogP contribution in [0.15, 0.2) is 41.6 Å². The van der Waals surface area contributed by atoms with E-state index in [0.717, 1.165) is 30.4 Å². The lowest BCUT2D eigenvalue weighted by Gasteiger charge is -2.24. The van der Waals surface area contributed by atoms with Crippen molar-refractivity contribution in [2.45, 2.75) is 51.4 Å². The van der Waals surface area contributed by atoms with Crippen LogP contribution in [-0.4, -0.2) is 42.9 Å². The van der Waals surface area contributed by atoms with E-state index in [2.05, 4.69) is 14.7 Å². The Kier molecular flexibility index (Phi) is 8.58. The molecule has 1 unspecified atom stereocenters. The summed E-state index contributed by atoms with van der Waals surface area (Å²) in [5.74, 6) is -0.245. The zero-order valence-corrected chi connectivity index (χ0v) is 15.8. The zero-order chi connectivity index (χ0) is 19.5. The van der Waals surface area contributed by atoms with Gasteiger partial charge in [0, 0.05) is 30.5 Å². The van der Waals surface area contributed by atoms with Crippen LogP contribution in [0.25, 0.3) is 5.57 Å². The van der Waals surface area contributed by atoms with Crippen molar-refractivity contribution < 1.29 is 19.1 Å².